The number of aliphatic hydroxyl groups is 1. The minimum Gasteiger partial charge on any atom is -0.392 e. The third-order valence-electron chi connectivity index (χ3n) is 3.05. The number of aromatic nitrogens is 2. The molecule has 94 valence electrons. The molecule has 1 aliphatic carbocycles. The Hall–Kier alpha value is -1.16. The van der Waals surface area contributed by atoms with Crippen LogP contribution in [0, 0.1) is 12.8 Å². The summed E-state index contributed by atoms with van der Waals surface area (Å²) in [6.45, 7) is 7.37. The standard InChI is InChI=1S/C13H21N3O/c1-9(2)7-16(12-4-5-12)13-14-6-11(8-17)10(3)15-13/h6,9,12,17H,4-5,7-8H2,1-3H3. The molecule has 0 unspecified atom stereocenters. The van der Waals surface area contributed by atoms with E-state index in [0.717, 1.165) is 23.8 Å². The molecule has 4 heteroatoms. The average molecular weight is 235 g/mol. The first-order valence-electron chi connectivity index (χ1n) is 6.31. The van der Waals surface area contributed by atoms with Gasteiger partial charge >= 0.3 is 0 Å². The Morgan fingerprint density at radius 3 is 2.65 bits per heavy atom. The highest BCUT2D eigenvalue weighted by Crippen LogP contribution is 2.30. The zero-order valence-corrected chi connectivity index (χ0v) is 10.8. The molecular formula is C13H21N3O. The van der Waals surface area contributed by atoms with Gasteiger partial charge in [0.1, 0.15) is 0 Å². The molecule has 2 rings (SSSR count). The summed E-state index contributed by atoms with van der Waals surface area (Å²) in [5.74, 6) is 1.42. The van der Waals surface area contributed by atoms with Gasteiger partial charge in [-0.15, -0.1) is 0 Å². The zero-order valence-electron chi connectivity index (χ0n) is 10.8. The number of aryl methyl sites for hydroxylation is 1. The maximum Gasteiger partial charge on any atom is 0.225 e. The van der Waals surface area contributed by atoms with Crippen molar-refractivity contribution in [3.05, 3.63) is 17.5 Å². The van der Waals surface area contributed by atoms with Crippen molar-refractivity contribution in [3.8, 4) is 0 Å². The lowest BCUT2D eigenvalue weighted by atomic mass is 10.2. The number of nitrogens with zero attached hydrogens (tertiary/aromatic N) is 3. The Morgan fingerprint density at radius 1 is 1.47 bits per heavy atom. The highest BCUT2D eigenvalue weighted by Gasteiger charge is 2.31. The molecule has 1 heterocycles. The summed E-state index contributed by atoms with van der Waals surface area (Å²) in [5, 5.41) is 9.12. The number of anilines is 1. The Balaban J connectivity index is 2.20. The van der Waals surface area contributed by atoms with Crippen LogP contribution in [0.25, 0.3) is 0 Å². The van der Waals surface area contributed by atoms with Gasteiger partial charge in [-0.1, -0.05) is 13.8 Å². The van der Waals surface area contributed by atoms with Crippen LogP contribution >= 0.6 is 0 Å². The van der Waals surface area contributed by atoms with E-state index in [1.807, 2.05) is 6.92 Å². The number of hydrogen-bond donors (Lipinski definition) is 1. The van der Waals surface area contributed by atoms with Crippen LogP contribution in [0.15, 0.2) is 6.20 Å². The summed E-state index contributed by atoms with van der Waals surface area (Å²) in [6.07, 6.45) is 4.24. The smallest absolute Gasteiger partial charge is 0.225 e. The first-order valence-corrected chi connectivity index (χ1v) is 6.31. The summed E-state index contributed by atoms with van der Waals surface area (Å²) < 4.78 is 0. The average Bonchev–Trinajstić information content (AvgIpc) is 3.09. The quantitative estimate of drug-likeness (QED) is 0.847. The topological polar surface area (TPSA) is 49.2 Å². The van der Waals surface area contributed by atoms with Crippen molar-refractivity contribution in [1.82, 2.24) is 9.97 Å². The second-order valence-corrected chi connectivity index (χ2v) is 5.22. The van der Waals surface area contributed by atoms with Gasteiger partial charge in [0.25, 0.3) is 0 Å². The lowest BCUT2D eigenvalue weighted by Crippen LogP contribution is -2.31. The Labute approximate surface area is 103 Å². The van der Waals surface area contributed by atoms with Crippen LogP contribution in [0.5, 0.6) is 0 Å². The molecule has 0 amide bonds. The molecule has 17 heavy (non-hydrogen) atoms. The van der Waals surface area contributed by atoms with Crippen molar-refractivity contribution in [3.63, 3.8) is 0 Å². The van der Waals surface area contributed by atoms with Crippen LogP contribution in [0.1, 0.15) is 37.9 Å². The predicted octanol–water partition coefficient (Wildman–Crippen LogP) is 1.90. The maximum absolute atomic E-state index is 9.12. The molecule has 1 aliphatic rings. The Kier molecular flexibility index (Phi) is 3.62. The van der Waals surface area contributed by atoms with Gasteiger partial charge in [0.05, 0.1) is 6.61 Å². The van der Waals surface area contributed by atoms with Gasteiger partial charge < -0.3 is 10.0 Å². The largest absolute Gasteiger partial charge is 0.392 e. The van der Waals surface area contributed by atoms with Gasteiger partial charge in [0.15, 0.2) is 0 Å². The van der Waals surface area contributed by atoms with Crippen molar-refractivity contribution in [2.45, 2.75) is 46.3 Å². The highest BCUT2D eigenvalue weighted by molar-refractivity contribution is 5.36. The van der Waals surface area contributed by atoms with E-state index in [0.29, 0.717) is 12.0 Å². The van der Waals surface area contributed by atoms with Crippen molar-refractivity contribution >= 4 is 5.95 Å². The van der Waals surface area contributed by atoms with Gasteiger partial charge in [-0.3, -0.25) is 0 Å². The second-order valence-electron chi connectivity index (χ2n) is 5.22. The second kappa shape index (κ2) is 5.00. The summed E-state index contributed by atoms with van der Waals surface area (Å²) in [6, 6.07) is 0.622. The molecule has 0 saturated heterocycles. The lowest BCUT2D eigenvalue weighted by molar-refractivity contribution is 0.280. The van der Waals surface area contributed by atoms with Crippen LogP contribution in [0.3, 0.4) is 0 Å². The number of aliphatic hydroxyl groups excluding tert-OH is 1. The molecule has 0 radical (unpaired) electrons. The van der Waals surface area contributed by atoms with Crippen LogP contribution in [0.2, 0.25) is 0 Å². The Bertz CT molecular complexity index is 388. The van der Waals surface area contributed by atoms with E-state index in [2.05, 4.69) is 28.7 Å². The van der Waals surface area contributed by atoms with Crippen molar-refractivity contribution in [2.75, 3.05) is 11.4 Å². The van der Waals surface area contributed by atoms with Crippen molar-refractivity contribution < 1.29 is 5.11 Å². The summed E-state index contributed by atoms with van der Waals surface area (Å²) in [5.41, 5.74) is 1.70. The molecular weight excluding hydrogens is 214 g/mol. The fraction of sp³-hybridized carbons (Fsp3) is 0.692. The predicted molar refractivity (Wildman–Crippen MR) is 67.9 cm³/mol. The van der Waals surface area contributed by atoms with Gasteiger partial charge in [0.2, 0.25) is 5.95 Å². The molecule has 0 atom stereocenters. The van der Waals surface area contributed by atoms with E-state index in [-0.39, 0.29) is 6.61 Å². The molecule has 1 N–H and O–H groups in total. The first kappa shape index (κ1) is 12.3. The van der Waals surface area contributed by atoms with Gasteiger partial charge in [-0.25, -0.2) is 9.97 Å². The van der Waals surface area contributed by atoms with E-state index in [9.17, 15) is 0 Å². The molecule has 1 aromatic rings. The summed E-state index contributed by atoms with van der Waals surface area (Å²) >= 11 is 0. The zero-order chi connectivity index (χ0) is 12.4. The molecule has 0 bridgehead atoms. The van der Waals surface area contributed by atoms with Gasteiger partial charge in [-0.05, 0) is 25.7 Å². The first-order chi connectivity index (χ1) is 8.11. The van der Waals surface area contributed by atoms with E-state index in [4.69, 9.17) is 5.11 Å². The van der Waals surface area contributed by atoms with Crippen LogP contribution in [-0.2, 0) is 6.61 Å². The third-order valence-corrected chi connectivity index (χ3v) is 3.05. The van der Waals surface area contributed by atoms with Crippen molar-refractivity contribution in [1.29, 1.82) is 0 Å². The normalized spacial score (nSPS) is 15.4. The number of hydrogen-bond acceptors (Lipinski definition) is 4. The van der Waals surface area contributed by atoms with E-state index >= 15 is 0 Å². The molecule has 0 aliphatic heterocycles. The van der Waals surface area contributed by atoms with Crippen LogP contribution in [0.4, 0.5) is 5.95 Å². The fourth-order valence-corrected chi connectivity index (χ4v) is 1.95. The monoisotopic (exact) mass is 235 g/mol. The summed E-state index contributed by atoms with van der Waals surface area (Å²) in [7, 11) is 0. The molecule has 0 aromatic carbocycles. The minimum absolute atomic E-state index is 0.0136. The van der Waals surface area contributed by atoms with Crippen LogP contribution in [-0.4, -0.2) is 27.7 Å². The molecule has 0 spiro atoms. The van der Waals surface area contributed by atoms with Crippen molar-refractivity contribution in [2.24, 2.45) is 5.92 Å². The van der Waals surface area contributed by atoms with Crippen LogP contribution < -0.4 is 4.90 Å². The van der Waals surface area contributed by atoms with Gasteiger partial charge in [0, 0.05) is 30.0 Å². The molecule has 4 nitrogen and oxygen atoms in total. The summed E-state index contributed by atoms with van der Waals surface area (Å²) in [4.78, 5) is 11.2. The lowest BCUT2D eigenvalue weighted by Gasteiger charge is -2.24. The molecule has 1 aromatic heterocycles. The van der Waals surface area contributed by atoms with E-state index < -0.39 is 0 Å². The SMILES string of the molecule is Cc1nc(N(CC(C)C)C2CC2)ncc1CO. The highest BCUT2D eigenvalue weighted by atomic mass is 16.3. The molecule has 1 saturated carbocycles. The minimum atomic E-state index is 0.0136. The van der Waals surface area contributed by atoms with E-state index in [1.54, 1.807) is 6.20 Å². The van der Waals surface area contributed by atoms with Gasteiger partial charge in [-0.2, -0.15) is 0 Å². The maximum atomic E-state index is 9.12. The Morgan fingerprint density at radius 2 is 2.18 bits per heavy atom. The third kappa shape index (κ3) is 2.94. The van der Waals surface area contributed by atoms with E-state index in [1.165, 1.54) is 12.8 Å². The fourth-order valence-electron chi connectivity index (χ4n) is 1.95. The molecule has 1 fully saturated rings. The number of rotatable bonds is 5.